The maximum absolute atomic E-state index is 14.7. The Balaban J connectivity index is 1.34. The lowest BCUT2D eigenvalue weighted by molar-refractivity contribution is -0.137. The Labute approximate surface area is 282 Å². The van der Waals surface area contributed by atoms with Crippen LogP contribution in [-0.2, 0) is 17.4 Å². The van der Waals surface area contributed by atoms with E-state index in [4.69, 9.17) is 9.72 Å². The number of alkyl halides is 3. The molecule has 1 atom stereocenters. The minimum atomic E-state index is -4.56. The molecule has 3 aromatic rings. The number of fused-ring (bicyclic) bond motifs is 2. The van der Waals surface area contributed by atoms with Crippen LogP contribution < -0.4 is 19.4 Å². The third kappa shape index (κ3) is 8.76. The van der Waals surface area contributed by atoms with E-state index >= 15 is 0 Å². The van der Waals surface area contributed by atoms with Crippen molar-refractivity contribution in [1.82, 2.24) is 15.0 Å². The molecule has 0 saturated heterocycles. The number of carbonyl (C=O) groups is 1. The number of unbranched alkanes of at least 4 members (excludes halogenated alkanes) is 11. The minimum Gasteiger partial charge on any atom is -0.488 e. The number of rotatable bonds is 16. The van der Waals surface area contributed by atoms with Crippen molar-refractivity contribution < 1.29 is 22.7 Å². The SMILES string of the molecule is CCCCCCCCCCCCCCN(C(=O)C1Cc2cccnc2N1c1cc(C(F)(F)F)cc(C)n1)c1ccc2c(n1)N(C)CCO2. The second-order valence-corrected chi connectivity index (χ2v) is 13.1. The molecule has 1 amide bonds. The summed E-state index contributed by atoms with van der Waals surface area (Å²) in [4.78, 5) is 33.8. The predicted octanol–water partition coefficient (Wildman–Crippen LogP) is 8.82. The maximum Gasteiger partial charge on any atom is 0.416 e. The first kappa shape index (κ1) is 35.4. The van der Waals surface area contributed by atoms with Crippen LogP contribution in [0.4, 0.5) is 36.4 Å². The van der Waals surface area contributed by atoms with Gasteiger partial charge in [0.15, 0.2) is 11.6 Å². The minimum absolute atomic E-state index is 0.0509. The van der Waals surface area contributed by atoms with Crippen LogP contribution in [0.25, 0.3) is 0 Å². The molecule has 260 valence electrons. The van der Waals surface area contributed by atoms with E-state index in [0.29, 0.717) is 49.3 Å². The van der Waals surface area contributed by atoms with Gasteiger partial charge in [0.05, 0.1) is 12.1 Å². The third-order valence-corrected chi connectivity index (χ3v) is 9.27. The van der Waals surface area contributed by atoms with Gasteiger partial charge in [0.25, 0.3) is 5.91 Å². The second kappa shape index (κ2) is 16.5. The van der Waals surface area contributed by atoms with Gasteiger partial charge in [0.2, 0.25) is 0 Å². The summed E-state index contributed by atoms with van der Waals surface area (Å²) in [6.07, 6.45) is 11.7. The lowest BCUT2D eigenvalue weighted by Gasteiger charge is -2.32. The zero-order valence-electron chi connectivity index (χ0n) is 28.6. The first-order chi connectivity index (χ1) is 23.2. The van der Waals surface area contributed by atoms with E-state index in [2.05, 4.69) is 16.9 Å². The Morgan fingerprint density at radius 3 is 2.31 bits per heavy atom. The number of ether oxygens (including phenoxy) is 1. The first-order valence-corrected chi connectivity index (χ1v) is 17.6. The molecule has 2 aliphatic heterocycles. The predicted molar refractivity (Wildman–Crippen MR) is 184 cm³/mol. The molecular formula is C37H49F3N6O2. The molecule has 0 aromatic carbocycles. The third-order valence-electron chi connectivity index (χ3n) is 9.27. The smallest absolute Gasteiger partial charge is 0.416 e. The summed E-state index contributed by atoms with van der Waals surface area (Å²) >= 11 is 0. The van der Waals surface area contributed by atoms with Gasteiger partial charge in [-0.05, 0) is 49.2 Å². The molecule has 0 N–H and O–H groups in total. The van der Waals surface area contributed by atoms with Crippen LogP contribution in [-0.4, -0.2) is 53.6 Å². The summed E-state index contributed by atoms with van der Waals surface area (Å²) in [5.41, 5.74) is 0.182. The Morgan fingerprint density at radius 2 is 1.62 bits per heavy atom. The lowest BCUT2D eigenvalue weighted by Crippen LogP contribution is -2.47. The van der Waals surface area contributed by atoms with E-state index < -0.39 is 17.8 Å². The van der Waals surface area contributed by atoms with Crippen molar-refractivity contribution in [2.24, 2.45) is 0 Å². The van der Waals surface area contributed by atoms with Gasteiger partial charge in [0.1, 0.15) is 30.1 Å². The highest BCUT2D eigenvalue weighted by Gasteiger charge is 2.41. The number of nitrogens with zero attached hydrogens (tertiary/aromatic N) is 6. The standard InChI is InChI=1S/C37H49F3N6O2/c1-4-5-6-7-8-9-10-11-12-13-14-15-21-45(32-19-18-31-35(43-32)44(3)22-23-48-31)36(47)30-25-28-17-16-20-41-34(28)46(30)33-26-29(37(38,39)40)24-27(2)42-33/h16-20,24,26,30H,4-15,21-23,25H2,1-3H3. The van der Waals surface area contributed by atoms with Crippen molar-refractivity contribution in [1.29, 1.82) is 0 Å². The van der Waals surface area contributed by atoms with Crippen LogP contribution in [0.3, 0.4) is 0 Å². The fourth-order valence-electron chi connectivity index (χ4n) is 6.65. The van der Waals surface area contributed by atoms with Gasteiger partial charge in [-0.15, -0.1) is 0 Å². The Kier molecular flexibility index (Phi) is 12.2. The number of aromatic nitrogens is 3. The highest BCUT2D eigenvalue weighted by molar-refractivity contribution is 6.01. The van der Waals surface area contributed by atoms with Crippen molar-refractivity contribution in [3.63, 3.8) is 0 Å². The first-order valence-electron chi connectivity index (χ1n) is 17.6. The molecule has 0 fully saturated rings. The van der Waals surface area contributed by atoms with Crippen molar-refractivity contribution in [2.75, 3.05) is 41.4 Å². The van der Waals surface area contributed by atoms with Gasteiger partial charge >= 0.3 is 6.18 Å². The molecule has 3 aromatic heterocycles. The van der Waals surface area contributed by atoms with Gasteiger partial charge in [-0.25, -0.2) is 15.0 Å². The van der Waals surface area contributed by atoms with Gasteiger partial charge in [0, 0.05) is 31.9 Å². The number of pyridine rings is 3. The summed E-state index contributed by atoms with van der Waals surface area (Å²) < 4.78 is 47.5. The second-order valence-electron chi connectivity index (χ2n) is 13.1. The number of carbonyl (C=O) groups excluding carboxylic acids is 1. The molecule has 0 spiro atoms. The fourth-order valence-corrected chi connectivity index (χ4v) is 6.65. The van der Waals surface area contributed by atoms with Gasteiger partial charge in [-0.1, -0.05) is 83.6 Å². The molecule has 0 radical (unpaired) electrons. The largest absolute Gasteiger partial charge is 0.488 e. The number of amides is 1. The number of hydrogen-bond donors (Lipinski definition) is 0. The summed E-state index contributed by atoms with van der Waals surface area (Å²) in [6, 6.07) is 8.47. The van der Waals surface area contributed by atoms with E-state index in [0.717, 1.165) is 37.0 Å². The number of halogens is 3. The van der Waals surface area contributed by atoms with E-state index in [1.165, 1.54) is 64.7 Å². The molecule has 0 saturated carbocycles. The van der Waals surface area contributed by atoms with Crippen LogP contribution in [0.1, 0.15) is 101 Å². The summed E-state index contributed by atoms with van der Waals surface area (Å²) in [5.74, 6) is 2.06. The molecule has 2 aliphatic rings. The molecule has 11 heteroatoms. The number of aryl methyl sites for hydroxylation is 1. The van der Waals surface area contributed by atoms with E-state index in [1.807, 2.05) is 24.1 Å². The average molecular weight is 667 g/mol. The molecule has 48 heavy (non-hydrogen) atoms. The molecular weight excluding hydrogens is 617 g/mol. The zero-order valence-corrected chi connectivity index (χ0v) is 28.6. The van der Waals surface area contributed by atoms with Crippen LogP contribution in [0.2, 0.25) is 0 Å². The van der Waals surface area contributed by atoms with Gasteiger partial charge in [-0.3, -0.25) is 14.6 Å². The Hall–Kier alpha value is -3.89. The molecule has 8 nitrogen and oxygen atoms in total. The topological polar surface area (TPSA) is 74.7 Å². The quantitative estimate of drug-likeness (QED) is 0.142. The summed E-state index contributed by atoms with van der Waals surface area (Å²) in [5, 5.41) is 0. The van der Waals surface area contributed by atoms with E-state index in [1.54, 1.807) is 28.1 Å². The Morgan fingerprint density at radius 1 is 0.938 bits per heavy atom. The van der Waals surface area contributed by atoms with Crippen molar-refractivity contribution >= 4 is 29.2 Å². The van der Waals surface area contributed by atoms with Crippen molar-refractivity contribution in [3.8, 4) is 5.75 Å². The monoisotopic (exact) mass is 666 g/mol. The van der Waals surface area contributed by atoms with Crippen LogP contribution in [0.5, 0.6) is 5.75 Å². The maximum atomic E-state index is 14.7. The van der Waals surface area contributed by atoms with Crippen molar-refractivity contribution in [2.45, 2.75) is 110 Å². The molecule has 0 aliphatic carbocycles. The van der Waals surface area contributed by atoms with Crippen LogP contribution in [0.15, 0.2) is 42.6 Å². The van der Waals surface area contributed by atoms with Crippen LogP contribution in [0, 0.1) is 6.92 Å². The molecule has 1 unspecified atom stereocenters. The number of hydrogen-bond acceptors (Lipinski definition) is 7. The average Bonchev–Trinajstić information content (AvgIpc) is 3.46. The van der Waals surface area contributed by atoms with E-state index in [-0.39, 0.29) is 17.4 Å². The summed E-state index contributed by atoms with van der Waals surface area (Å²) in [7, 11) is 1.94. The number of anilines is 4. The van der Waals surface area contributed by atoms with E-state index in [9.17, 15) is 18.0 Å². The van der Waals surface area contributed by atoms with Gasteiger partial charge < -0.3 is 9.64 Å². The lowest BCUT2D eigenvalue weighted by atomic mass is 10.0. The number of likely N-dealkylation sites (N-methyl/N-ethyl adjacent to an activating group) is 1. The zero-order chi connectivity index (χ0) is 34.1. The molecule has 5 heterocycles. The Bertz CT molecular complexity index is 1520. The molecule has 5 rings (SSSR count). The highest BCUT2D eigenvalue weighted by atomic mass is 19.4. The van der Waals surface area contributed by atoms with Crippen LogP contribution >= 0.6 is 0 Å². The van der Waals surface area contributed by atoms with Crippen molar-refractivity contribution in [3.05, 3.63) is 59.4 Å². The van der Waals surface area contributed by atoms with Gasteiger partial charge in [-0.2, -0.15) is 13.2 Å². The fraction of sp³-hybridized carbons (Fsp3) is 0.568. The molecule has 0 bridgehead atoms. The highest BCUT2D eigenvalue weighted by Crippen LogP contribution is 2.40. The summed E-state index contributed by atoms with van der Waals surface area (Å²) in [6.45, 7) is 5.44. The normalized spacial score (nSPS) is 15.7.